The van der Waals surface area contributed by atoms with Crippen molar-refractivity contribution in [1.29, 1.82) is 0 Å². The number of halogens is 2. The maximum Gasteiger partial charge on any atom is 0.213 e. The van der Waals surface area contributed by atoms with Gasteiger partial charge in [0.05, 0.1) is 15.7 Å². The molecule has 21 heavy (non-hydrogen) atoms. The fourth-order valence-electron chi connectivity index (χ4n) is 1.95. The number of nitrogens with zero attached hydrogens (tertiary/aromatic N) is 2. The van der Waals surface area contributed by atoms with E-state index in [4.69, 9.17) is 23.2 Å². The summed E-state index contributed by atoms with van der Waals surface area (Å²) in [5.74, 6) is -0.191. The molecule has 3 nitrogen and oxygen atoms in total. The molecule has 0 fully saturated rings. The van der Waals surface area contributed by atoms with Crippen LogP contribution in [0.1, 0.15) is 16.1 Å². The van der Waals surface area contributed by atoms with E-state index < -0.39 is 0 Å². The standard InChI is InChI=1S/C16H10Cl2N2O/c17-13-7-6-11(10-14(13)18)16(21)15-8-9-20(19-15)12-4-2-1-3-5-12/h1-10H. The van der Waals surface area contributed by atoms with Gasteiger partial charge in [-0.25, -0.2) is 4.68 Å². The first-order valence-corrected chi connectivity index (χ1v) is 7.01. The van der Waals surface area contributed by atoms with E-state index in [9.17, 15) is 4.79 Å². The molecule has 0 aliphatic heterocycles. The molecule has 0 bridgehead atoms. The van der Waals surface area contributed by atoms with Crippen LogP contribution >= 0.6 is 23.2 Å². The Labute approximate surface area is 131 Å². The van der Waals surface area contributed by atoms with Crippen molar-refractivity contribution in [2.45, 2.75) is 0 Å². The topological polar surface area (TPSA) is 34.9 Å². The molecule has 0 aliphatic rings. The number of ketones is 1. The molecule has 0 N–H and O–H groups in total. The van der Waals surface area contributed by atoms with Gasteiger partial charge in [0.1, 0.15) is 5.69 Å². The van der Waals surface area contributed by atoms with E-state index >= 15 is 0 Å². The Balaban J connectivity index is 1.92. The van der Waals surface area contributed by atoms with Gasteiger partial charge in [0.2, 0.25) is 5.78 Å². The molecule has 3 aromatic rings. The van der Waals surface area contributed by atoms with E-state index in [-0.39, 0.29) is 5.78 Å². The normalized spacial score (nSPS) is 10.6. The second-order valence-electron chi connectivity index (χ2n) is 4.44. The third kappa shape index (κ3) is 2.84. The molecule has 0 unspecified atom stereocenters. The summed E-state index contributed by atoms with van der Waals surface area (Å²) in [5, 5.41) is 5.07. The summed E-state index contributed by atoms with van der Waals surface area (Å²) in [4.78, 5) is 12.4. The molecule has 0 saturated heterocycles. The molecule has 1 heterocycles. The van der Waals surface area contributed by atoms with Crippen molar-refractivity contribution in [3.63, 3.8) is 0 Å². The highest BCUT2D eigenvalue weighted by molar-refractivity contribution is 6.42. The quantitative estimate of drug-likeness (QED) is 0.671. The number of benzene rings is 2. The fraction of sp³-hybridized carbons (Fsp3) is 0. The van der Waals surface area contributed by atoms with Crippen LogP contribution in [0.2, 0.25) is 10.0 Å². The van der Waals surface area contributed by atoms with E-state index in [1.54, 1.807) is 35.1 Å². The van der Waals surface area contributed by atoms with Gasteiger partial charge < -0.3 is 0 Å². The molecule has 0 radical (unpaired) electrons. The highest BCUT2D eigenvalue weighted by atomic mass is 35.5. The molecule has 0 amide bonds. The Hall–Kier alpha value is -2.10. The van der Waals surface area contributed by atoms with E-state index in [1.165, 1.54) is 0 Å². The van der Waals surface area contributed by atoms with E-state index in [0.717, 1.165) is 5.69 Å². The maximum atomic E-state index is 12.4. The van der Waals surface area contributed by atoms with Gasteiger partial charge in [-0.1, -0.05) is 41.4 Å². The molecule has 3 rings (SSSR count). The monoisotopic (exact) mass is 316 g/mol. The first-order valence-electron chi connectivity index (χ1n) is 6.26. The van der Waals surface area contributed by atoms with Gasteiger partial charge in [0, 0.05) is 11.8 Å². The van der Waals surface area contributed by atoms with Crippen molar-refractivity contribution in [2.75, 3.05) is 0 Å². The van der Waals surface area contributed by atoms with Crippen LogP contribution in [0.15, 0.2) is 60.8 Å². The largest absolute Gasteiger partial charge is 0.287 e. The Morgan fingerprint density at radius 2 is 1.71 bits per heavy atom. The Kier molecular flexibility index (Phi) is 3.78. The summed E-state index contributed by atoms with van der Waals surface area (Å²) in [6, 6.07) is 16.1. The molecule has 5 heteroatoms. The molecular weight excluding hydrogens is 307 g/mol. The van der Waals surface area contributed by atoms with Gasteiger partial charge in [0.15, 0.2) is 0 Å². The number of hydrogen-bond donors (Lipinski definition) is 0. The maximum absolute atomic E-state index is 12.4. The zero-order valence-corrected chi connectivity index (χ0v) is 12.3. The Morgan fingerprint density at radius 3 is 2.43 bits per heavy atom. The number of hydrogen-bond acceptors (Lipinski definition) is 2. The van der Waals surface area contributed by atoms with Crippen LogP contribution < -0.4 is 0 Å². The second kappa shape index (κ2) is 5.72. The number of rotatable bonds is 3. The minimum absolute atomic E-state index is 0.191. The smallest absolute Gasteiger partial charge is 0.213 e. The van der Waals surface area contributed by atoms with Gasteiger partial charge in [-0.15, -0.1) is 0 Å². The fourth-order valence-corrected chi connectivity index (χ4v) is 2.25. The van der Waals surface area contributed by atoms with Gasteiger partial charge in [0.25, 0.3) is 0 Å². The van der Waals surface area contributed by atoms with Crippen LogP contribution in [0, 0.1) is 0 Å². The lowest BCUT2D eigenvalue weighted by Crippen LogP contribution is -2.04. The molecule has 0 aliphatic carbocycles. The zero-order valence-electron chi connectivity index (χ0n) is 10.8. The molecule has 2 aromatic carbocycles. The second-order valence-corrected chi connectivity index (χ2v) is 5.25. The van der Waals surface area contributed by atoms with Gasteiger partial charge >= 0.3 is 0 Å². The van der Waals surface area contributed by atoms with Crippen molar-refractivity contribution in [3.05, 3.63) is 82.1 Å². The van der Waals surface area contributed by atoms with Crippen LogP contribution in [-0.2, 0) is 0 Å². The van der Waals surface area contributed by atoms with Crippen LogP contribution in [0.25, 0.3) is 5.69 Å². The molecular formula is C16H10Cl2N2O. The lowest BCUT2D eigenvalue weighted by atomic mass is 10.1. The van der Waals surface area contributed by atoms with E-state index in [0.29, 0.717) is 21.3 Å². The number of aromatic nitrogens is 2. The third-order valence-corrected chi connectivity index (χ3v) is 3.76. The minimum Gasteiger partial charge on any atom is -0.287 e. The molecule has 104 valence electrons. The molecule has 0 atom stereocenters. The van der Waals surface area contributed by atoms with E-state index in [2.05, 4.69) is 5.10 Å². The Bertz CT molecular complexity index is 797. The van der Waals surface area contributed by atoms with Crippen molar-refractivity contribution in [3.8, 4) is 5.69 Å². The lowest BCUT2D eigenvalue weighted by molar-refractivity contribution is 0.103. The molecule has 0 spiro atoms. The minimum atomic E-state index is -0.191. The van der Waals surface area contributed by atoms with Crippen molar-refractivity contribution < 1.29 is 4.79 Å². The van der Waals surface area contributed by atoms with Gasteiger partial charge in [-0.3, -0.25) is 4.79 Å². The summed E-state index contributed by atoms with van der Waals surface area (Å²) >= 11 is 11.8. The average Bonchev–Trinajstić information content (AvgIpc) is 3.00. The van der Waals surface area contributed by atoms with Crippen LogP contribution in [0.3, 0.4) is 0 Å². The molecule has 0 saturated carbocycles. The third-order valence-electron chi connectivity index (χ3n) is 3.02. The van der Waals surface area contributed by atoms with Crippen molar-refractivity contribution >= 4 is 29.0 Å². The summed E-state index contributed by atoms with van der Waals surface area (Å²) in [5.41, 5.74) is 1.71. The SMILES string of the molecule is O=C(c1ccc(Cl)c(Cl)c1)c1ccn(-c2ccccc2)n1. The first kappa shape index (κ1) is 13.9. The van der Waals surface area contributed by atoms with Crippen LogP contribution in [0.4, 0.5) is 0 Å². The van der Waals surface area contributed by atoms with Crippen molar-refractivity contribution in [2.24, 2.45) is 0 Å². The molecule has 1 aromatic heterocycles. The van der Waals surface area contributed by atoms with Crippen LogP contribution in [-0.4, -0.2) is 15.6 Å². The van der Waals surface area contributed by atoms with Crippen LogP contribution in [0.5, 0.6) is 0 Å². The van der Waals surface area contributed by atoms with Gasteiger partial charge in [-0.05, 0) is 36.4 Å². The highest BCUT2D eigenvalue weighted by Crippen LogP contribution is 2.23. The Morgan fingerprint density at radius 1 is 0.952 bits per heavy atom. The van der Waals surface area contributed by atoms with Crippen molar-refractivity contribution in [1.82, 2.24) is 9.78 Å². The number of carbonyl (C=O) groups is 1. The number of para-hydroxylation sites is 1. The predicted octanol–water partition coefficient (Wildman–Crippen LogP) is 4.41. The zero-order chi connectivity index (χ0) is 14.8. The number of carbonyl (C=O) groups excluding carboxylic acids is 1. The summed E-state index contributed by atoms with van der Waals surface area (Å²) in [6.45, 7) is 0. The van der Waals surface area contributed by atoms with E-state index in [1.807, 2.05) is 30.3 Å². The summed E-state index contributed by atoms with van der Waals surface area (Å²) in [7, 11) is 0. The van der Waals surface area contributed by atoms with Gasteiger partial charge in [-0.2, -0.15) is 5.10 Å². The predicted molar refractivity (Wildman–Crippen MR) is 83.5 cm³/mol. The summed E-state index contributed by atoms with van der Waals surface area (Å²) in [6.07, 6.45) is 1.75. The summed E-state index contributed by atoms with van der Waals surface area (Å²) < 4.78 is 1.66. The average molecular weight is 317 g/mol. The lowest BCUT2D eigenvalue weighted by Gasteiger charge is -2.01. The highest BCUT2D eigenvalue weighted by Gasteiger charge is 2.14. The first-order chi connectivity index (χ1) is 10.1.